The van der Waals surface area contributed by atoms with Crippen molar-refractivity contribution in [2.75, 3.05) is 20.1 Å². The van der Waals surface area contributed by atoms with Crippen LogP contribution >= 0.6 is 0 Å². The average molecular weight is 239 g/mol. The van der Waals surface area contributed by atoms with Gasteiger partial charge in [0.2, 0.25) is 5.76 Å². The molecule has 0 spiro atoms. The fourth-order valence-electron chi connectivity index (χ4n) is 2.09. The first kappa shape index (κ1) is 12.1. The number of hydrogen-bond donors (Lipinski definition) is 2. The minimum Gasteiger partial charge on any atom is -0.436 e. The lowest BCUT2D eigenvalue weighted by atomic mass is 10.2. The Hall–Kier alpha value is -1.40. The van der Waals surface area contributed by atoms with E-state index >= 15 is 0 Å². The van der Waals surface area contributed by atoms with E-state index in [0.717, 1.165) is 0 Å². The number of amides is 1. The summed E-state index contributed by atoms with van der Waals surface area (Å²) in [5.74, 6) is 0.490. The van der Waals surface area contributed by atoms with Gasteiger partial charge in [0.05, 0.1) is 17.8 Å². The van der Waals surface area contributed by atoms with E-state index in [1.165, 1.54) is 4.90 Å². The zero-order chi connectivity index (χ0) is 12.6. The largest absolute Gasteiger partial charge is 0.436 e. The summed E-state index contributed by atoms with van der Waals surface area (Å²) in [7, 11) is 1.67. The highest BCUT2D eigenvalue weighted by molar-refractivity contribution is 5.92. The third-order valence-corrected chi connectivity index (χ3v) is 3.07. The molecule has 0 bridgehead atoms. The number of aromatic nitrogens is 1. The first-order valence-corrected chi connectivity index (χ1v) is 5.60. The van der Waals surface area contributed by atoms with Gasteiger partial charge in [-0.15, -0.1) is 0 Å². The van der Waals surface area contributed by atoms with Crippen LogP contribution in [0, 0.1) is 13.8 Å². The van der Waals surface area contributed by atoms with Gasteiger partial charge in [-0.3, -0.25) is 4.79 Å². The molecule has 2 heterocycles. The molecule has 1 aliphatic heterocycles. The summed E-state index contributed by atoms with van der Waals surface area (Å²) in [5, 5.41) is 12.8. The molecule has 2 N–H and O–H groups in total. The van der Waals surface area contributed by atoms with Crippen LogP contribution in [-0.4, -0.2) is 53.2 Å². The molecule has 0 aromatic carbocycles. The summed E-state index contributed by atoms with van der Waals surface area (Å²) >= 11 is 0. The maximum Gasteiger partial charge on any atom is 0.291 e. The highest BCUT2D eigenvalue weighted by Gasteiger charge is 2.33. The van der Waals surface area contributed by atoms with Gasteiger partial charge in [0.25, 0.3) is 5.91 Å². The highest BCUT2D eigenvalue weighted by Crippen LogP contribution is 2.15. The van der Waals surface area contributed by atoms with Gasteiger partial charge >= 0.3 is 0 Å². The lowest BCUT2D eigenvalue weighted by Gasteiger charge is -2.25. The quantitative estimate of drug-likeness (QED) is 0.740. The van der Waals surface area contributed by atoms with E-state index in [-0.39, 0.29) is 17.7 Å². The Bertz CT molecular complexity index is 430. The molecule has 0 saturated carbocycles. The number of hydrogen-bond acceptors (Lipinski definition) is 5. The maximum absolute atomic E-state index is 12.2. The van der Waals surface area contributed by atoms with Gasteiger partial charge in [-0.1, -0.05) is 0 Å². The number of nitrogens with zero attached hydrogens (tertiary/aromatic N) is 2. The van der Waals surface area contributed by atoms with Crippen LogP contribution in [0.15, 0.2) is 4.42 Å². The van der Waals surface area contributed by atoms with Crippen molar-refractivity contribution in [2.24, 2.45) is 0 Å². The molecule has 0 unspecified atom stereocenters. The lowest BCUT2D eigenvalue weighted by Crippen LogP contribution is -2.44. The van der Waals surface area contributed by atoms with Gasteiger partial charge in [-0.2, -0.15) is 0 Å². The maximum atomic E-state index is 12.2. The molecule has 6 heteroatoms. The molecule has 1 aliphatic rings. The van der Waals surface area contributed by atoms with E-state index in [9.17, 15) is 9.90 Å². The van der Waals surface area contributed by atoms with Crippen LogP contribution in [-0.2, 0) is 0 Å². The number of oxazole rings is 1. The predicted octanol–water partition coefficient (Wildman–Crippen LogP) is -0.304. The molecule has 1 amide bonds. The molecule has 1 saturated heterocycles. The topological polar surface area (TPSA) is 78.6 Å². The molecule has 17 heavy (non-hydrogen) atoms. The van der Waals surface area contributed by atoms with Gasteiger partial charge in [0, 0.05) is 27.1 Å². The lowest BCUT2D eigenvalue weighted by molar-refractivity contribution is 0.0550. The Kier molecular flexibility index (Phi) is 3.17. The molecule has 6 nitrogen and oxygen atoms in total. The highest BCUT2D eigenvalue weighted by atomic mass is 16.4. The van der Waals surface area contributed by atoms with Crippen LogP contribution in [0.3, 0.4) is 0 Å². The van der Waals surface area contributed by atoms with E-state index in [0.29, 0.717) is 24.7 Å². The standard InChI is InChI=1S/C11H17N3O3/c1-6-10(17-7(2)13-6)11(16)14(3)8-4-12-5-9(8)15/h8-9,12,15H,4-5H2,1-3H3/t8-,9-/m1/s1. The van der Waals surface area contributed by atoms with Gasteiger partial charge in [0.15, 0.2) is 5.89 Å². The van der Waals surface area contributed by atoms with E-state index in [2.05, 4.69) is 10.3 Å². The number of carbonyl (C=O) groups is 1. The number of likely N-dealkylation sites (N-methyl/N-ethyl adjacent to an activating group) is 1. The van der Waals surface area contributed by atoms with Gasteiger partial charge in [0.1, 0.15) is 0 Å². The summed E-state index contributed by atoms with van der Waals surface area (Å²) in [6, 6.07) is -0.215. The van der Waals surface area contributed by atoms with Gasteiger partial charge in [-0.05, 0) is 6.92 Å². The Balaban J connectivity index is 2.17. The minimum absolute atomic E-state index is 0.215. The molecule has 0 aliphatic carbocycles. The normalized spacial score (nSPS) is 24.0. The van der Waals surface area contributed by atoms with E-state index < -0.39 is 6.10 Å². The smallest absolute Gasteiger partial charge is 0.291 e. The van der Waals surface area contributed by atoms with Crippen molar-refractivity contribution >= 4 is 5.91 Å². The average Bonchev–Trinajstić information content (AvgIpc) is 2.82. The number of rotatable bonds is 2. The van der Waals surface area contributed by atoms with Crippen molar-refractivity contribution in [3.05, 3.63) is 17.3 Å². The molecule has 0 radical (unpaired) electrons. The van der Waals surface area contributed by atoms with Crippen LogP contribution in [0.2, 0.25) is 0 Å². The summed E-state index contributed by atoms with van der Waals surface area (Å²) in [4.78, 5) is 17.7. The number of aryl methyl sites for hydroxylation is 2. The molecule has 2 atom stereocenters. The molecule has 1 fully saturated rings. The molecule has 1 aromatic heterocycles. The Morgan fingerprint density at radius 2 is 2.24 bits per heavy atom. The van der Waals surface area contributed by atoms with Crippen molar-refractivity contribution in [3.8, 4) is 0 Å². The van der Waals surface area contributed by atoms with Crippen LogP contribution in [0.5, 0.6) is 0 Å². The second-order valence-electron chi connectivity index (χ2n) is 4.36. The summed E-state index contributed by atoms with van der Waals surface area (Å²) in [5.41, 5.74) is 0.583. The zero-order valence-electron chi connectivity index (χ0n) is 10.2. The van der Waals surface area contributed by atoms with Crippen molar-refractivity contribution < 1.29 is 14.3 Å². The van der Waals surface area contributed by atoms with Crippen molar-refractivity contribution in [1.29, 1.82) is 0 Å². The van der Waals surface area contributed by atoms with Crippen LogP contribution in [0.4, 0.5) is 0 Å². The monoisotopic (exact) mass is 239 g/mol. The number of nitrogens with one attached hydrogen (secondary N) is 1. The second-order valence-corrected chi connectivity index (χ2v) is 4.36. The van der Waals surface area contributed by atoms with Crippen molar-refractivity contribution in [3.63, 3.8) is 0 Å². The van der Waals surface area contributed by atoms with E-state index in [1.54, 1.807) is 20.9 Å². The first-order valence-electron chi connectivity index (χ1n) is 5.60. The van der Waals surface area contributed by atoms with Crippen LogP contribution in [0.1, 0.15) is 22.1 Å². The summed E-state index contributed by atoms with van der Waals surface area (Å²) < 4.78 is 5.29. The Morgan fingerprint density at radius 1 is 1.53 bits per heavy atom. The van der Waals surface area contributed by atoms with Crippen molar-refractivity contribution in [1.82, 2.24) is 15.2 Å². The summed E-state index contributed by atoms with van der Waals surface area (Å²) in [6.07, 6.45) is -0.534. The molecule has 2 rings (SSSR count). The Morgan fingerprint density at radius 3 is 2.71 bits per heavy atom. The molecular weight excluding hydrogens is 222 g/mol. The van der Waals surface area contributed by atoms with E-state index in [1.807, 2.05) is 0 Å². The zero-order valence-corrected chi connectivity index (χ0v) is 10.2. The second kappa shape index (κ2) is 4.46. The Labute approximate surface area is 99.6 Å². The molecule has 94 valence electrons. The SMILES string of the molecule is Cc1nc(C)c(C(=O)N(C)[C@@H]2CNC[C@H]2O)o1. The van der Waals surface area contributed by atoms with E-state index in [4.69, 9.17) is 4.42 Å². The number of aliphatic hydroxyl groups is 1. The fraction of sp³-hybridized carbons (Fsp3) is 0.636. The number of β-amino-alcohol motifs (C(OH)–C–C–N with tert-alkyl or cyclic N) is 1. The third-order valence-electron chi connectivity index (χ3n) is 3.07. The minimum atomic E-state index is -0.534. The molecule has 1 aromatic rings. The predicted molar refractivity (Wildman–Crippen MR) is 60.7 cm³/mol. The summed E-state index contributed by atoms with van der Waals surface area (Å²) in [6.45, 7) is 4.54. The van der Waals surface area contributed by atoms with Crippen molar-refractivity contribution in [2.45, 2.75) is 26.0 Å². The molecular formula is C11H17N3O3. The number of aliphatic hydroxyl groups excluding tert-OH is 1. The van der Waals surface area contributed by atoms with Crippen LogP contribution < -0.4 is 5.32 Å². The van der Waals surface area contributed by atoms with Gasteiger partial charge in [-0.25, -0.2) is 4.98 Å². The number of carbonyl (C=O) groups excluding carboxylic acids is 1. The first-order chi connectivity index (χ1) is 8.00. The fourth-order valence-corrected chi connectivity index (χ4v) is 2.09. The van der Waals surface area contributed by atoms with Crippen LogP contribution in [0.25, 0.3) is 0 Å². The van der Waals surface area contributed by atoms with Gasteiger partial charge < -0.3 is 19.7 Å². The third kappa shape index (κ3) is 2.18.